The van der Waals surface area contributed by atoms with Crippen LogP contribution in [0.3, 0.4) is 0 Å². The second kappa shape index (κ2) is 8.19. The molecule has 1 aliphatic rings. The van der Waals surface area contributed by atoms with Crippen LogP contribution in [-0.4, -0.2) is 41.4 Å². The molecule has 1 aliphatic heterocycles. The highest BCUT2D eigenvalue weighted by atomic mass is 35.5. The number of aromatic nitrogens is 2. The maximum atomic E-state index is 13.4. The van der Waals surface area contributed by atoms with E-state index in [9.17, 15) is 12.8 Å². The highest BCUT2D eigenvalue weighted by molar-refractivity contribution is 7.89. The van der Waals surface area contributed by atoms with Gasteiger partial charge in [-0.3, -0.25) is 0 Å². The molecule has 1 N–H and O–H groups in total. The molecule has 0 aliphatic carbocycles. The predicted octanol–water partition coefficient (Wildman–Crippen LogP) is 4.13. The standard InChI is InChI=1S/C20H19Cl2FN4O2S/c1-26-11-20(24-12-26)30(28,29)27-9-16(13-2-4-14(23)5-3-13)19(10-27)25-15-6-7-17(21)18(22)8-15/h2-8,11-12,16,19,25H,9-10H2,1H3. The van der Waals surface area contributed by atoms with Crippen molar-refractivity contribution in [2.75, 3.05) is 18.4 Å². The van der Waals surface area contributed by atoms with E-state index in [1.54, 1.807) is 41.9 Å². The number of aryl methyl sites for hydroxylation is 1. The summed E-state index contributed by atoms with van der Waals surface area (Å²) in [5.41, 5.74) is 1.56. The van der Waals surface area contributed by atoms with E-state index in [1.807, 2.05) is 0 Å². The number of nitrogens with zero attached hydrogens (tertiary/aromatic N) is 3. The second-order valence-corrected chi connectivity index (χ2v) is 9.94. The summed E-state index contributed by atoms with van der Waals surface area (Å²) in [6.07, 6.45) is 2.92. The monoisotopic (exact) mass is 468 g/mol. The summed E-state index contributed by atoms with van der Waals surface area (Å²) in [7, 11) is -2.05. The Balaban J connectivity index is 1.66. The molecule has 3 aromatic rings. The third-order valence-electron chi connectivity index (χ3n) is 5.14. The second-order valence-electron chi connectivity index (χ2n) is 7.24. The summed E-state index contributed by atoms with van der Waals surface area (Å²) in [5.74, 6) is -0.540. The minimum atomic E-state index is -3.77. The molecular weight excluding hydrogens is 450 g/mol. The number of sulfonamides is 1. The van der Waals surface area contributed by atoms with E-state index in [2.05, 4.69) is 10.3 Å². The fraction of sp³-hybridized carbons (Fsp3) is 0.250. The molecule has 0 radical (unpaired) electrons. The van der Waals surface area contributed by atoms with Gasteiger partial charge in [0.2, 0.25) is 0 Å². The lowest BCUT2D eigenvalue weighted by atomic mass is 9.94. The first kappa shape index (κ1) is 21.1. The van der Waals surface area contributed by atoms with Crippen LogP contribution in [0.5, 0.6) is 0 Å². The van der Waals surface area contributed by atoms with Gasteiger partial charge in [-0.1, -0.05) is 35.3 Å². The van der Waals surface area contributed by atoms with Crippen molar-refractivity contribution < 1.29 is 12.8 Å². The van der Waals surface area contributed by atoms with Crippen molar-refractivity contribution in [3.63, 3.8) is 0 Å². The molecule has 10 heteroatoms. The average Bonchev–Trinajstić information content (AvgIpc) is 3.33. The summed E-state index contributed by atoms with van der Waals surface area (Å²) in [6, 6.07) is 11.0. The molecule has 2 aromatic carbocycles. The van der Waals surface area contributed by atoms with E-state index >= 15 is 0 Å². The van der Waals surface area contributed by atoms with Crippen LogP contribution >= 0.6 is 23.2 Å². The van der Waals surface area contributed by atoms with Gasteiger partial charge in [-0.15, -0.1) is 0 Å². The third-order valence-corrected chi connectivity index (χ3v) is 7.60. The molecule has 1 aromatic heterocycles. The number of hydrogen-bond donors (Lipinski definition) is 1. The van der Waals surface area contributed by atoms with Crippen LogP contribution in [0.4, 0.5) is 10.1 Å². The topological polar surface area (TPSA) is 67.2 Å². The minimum Gasteiger partial charge on any atom is -0.380 e. The maximum Gasteiger partial charge on any atom is 0.262 e. The Bertz CT molecular complexity index is 1170. The summed E-state index contributed by atoms with van der Waals surface area (Å²) in [6.45, 7) is 0.463. The molecule has 0 bridgehead atoms. The van der Waals surface area contributed by atoms with Crippen LogP contribution in [0.15, 0.2) is 60.0 Å². The van der Waals surface area contributed by atoms with E-state index in [4.69, 9.17) is 23.2 Å². The van der Waals surface area contributed by atoms with Crippen LogP contribution in [0.2, 0.25) is 10.0 Å². The zero-order chi connectivity index (χ0) is 21.5. The number of benzene rings is 2. The molecule has 4 rings (SSSR count). The van der Waals surface area contributed by atoms with Crippen molar-refractivity contribution in [3.8, 4) is 0 Å². The molecule has 1 fully saturated rings. The van der Waals surface area contributed by atoms with Gasteiger partial charge >= 0.3 is 0 Å². The quantitative estimate of drug-likeness (QED) is 0.610. The zero-order valence-corrected chi connectivity index (χ0v) is 18.3. The van der Waals surface area contributed by atoms with Gasteiger partial charge in [0.25, 0.3) is 10.0 Å². The SMILES string of the molecule is Cn1cnc(S(=O)(=O)N2CC(Nc3ccc(Cl)c(Cl)c3)C(c3ccc(F)cc3)C2)c1. The van der Waals surface area contributed by atoms with Crippen LogP contribution in [0.25, 0.3) is 0 Å². The Kier molecular flexibility index (Phi) is 5.76. The molecule has 0 amide bonds. The van der Waals surface area contributed by atoms with Crippen molar-refractivity contribution in [2.24, 2.45) is 7.05 Å². The largest absolute Gasteiger partial charge is 0.380 e. The highest BCUT2D eigenvalue weighted by Crippen LogP contribution is 2.34. The van der Waals surface area contributed by atoms with Gasteiger partial charge in [0.05, 0.1) is 16.4 Å². The predicted molar refractivity (Wildman–Crippen MR) is 115 cm³/mol. The third kappa shape index (κ3) is 4.18. The highest BCUT2D eigenvalue weighted by Gasteiger charge is 2.41. The Hall–Kier alpha value is -2.13. The van der Waals surface area contributed by atoms with E-state index < -0.39 is 10.0 Å². The smallest absolute Gasteiger partial charge is 0.262 e. The lowest BCUT2D eigenvalue weighted by molar-refractivity contribution is 0.468. The average molecular weight is 469 g/mol. The van der Waals surface area contributed by atoms with Crippen LogP contribution in [-0.2, 0) is 17.1 Å². The Morgan fingerprint density at radius 2 is 1.83 bits per heavy atom. The molecule has 2 heterocycles. The van der Waals surface area contributed by atoms with Gasteiger partial charge < -0.3 is 9.88 Å². The van der Waals surface area contributed by atoms with E-state index in [1.165, 1.54) is 29.0 Å². The van der Waals surface area contributed by atoms with Crippen LogP contribution in [0, 0.1) is 5.82 Å². The molecule has 2 unspecified atom stereocenters. The van der Waals surface area contributed by atoms with Gasteiger partial charge in [0, 0.05) is 44.0 Å². The molecular formula is C20H19Cl2FN4O2S. The Morgan fingerprint density at radius 1 is 1.10 bits per heavy atom. The van der Waals surface area contributed by atoms with Crippen LogP contribution in [0.1, 0.15) is 11.5 Å². The van der Waals surface area contributed by atoms with Crippen molar-refractivity contribution in [2.45, 2.75) is 17.0 Å². The van der Waals surface area contributed by atoms with Gasteiger partial charge in [0.15, 0.2) is 5.03 Å². The molecule has 0 saturated carbocycles. The summed E-state index contributed by atoms with van der Waals surface area (Å²) in [4.78, 5) is 4.00. The first-order valence-electron chi connectivity index (χ1n) is 9.19. The Morgan fingerprint density at radius 3 is 2.47 bits per heavy atom. The lowest BCUT2D eigenvalue weighted by Crippen LogP contribution is -2.32. The van der Waals surface area contributed by atoms with Crippen molar-refractivity contribution in [1.29, 1.82) is 0 Å². The van der Waals surface area contributed by atoms with Gasteiger partial charge in [0.1, 0.15) is 5.82 Å². The van der Waals surface area contributed by atoms with E-state index in [-0.39, 0.29) is 35.9 Å². The summed E-state index contributed by atoms with van der Waals surface area (Å²) >= 11 is 12.1. The molecule has 6 nitrogen and oxygen atoms in total. The summed E-state index contributed by atoms with van der Waals surface area (Å²) in [5, 5.41) is 4.19. The maximum absolute atomic E-state index is 13.4. The van der Waals surface area contributed by atoms with Crippen LogP contribution < -0.4 is 5.32 Å². The fourth-order valence-corrected chi connectivity index (χ4v) is 5.37. The number of halogens is 3. The van der Waals surface area contributed by atoms with E-state index in [0.29, 0.717) is 10.0 Å². The normalized spacial score (nSPS) is 19.9. The van der Waals surface area contributed by atoms with Crippen molar-refractivity contribution in [3.05, 3.63) is 76.4 Å². The minimum absolute atomic E-state index is 0.00181. The lowest BCUT2D eigenvalue weighted by Gasteiger charge is -2.21. The molecule has 158 valence electrons. The van der Waals surface area contributed by atoms with E-state index in [0.717, 1.165) is 11.3 Å². The molecule has 0 spiro atoms. The fourth-order valence-electron chi connectivity index (χ4n) is 3.61. The van der Waals surface area contributed by atoms with Crippen molar-refractivity contribution >= 4 is 38.9 Å². The number of nitrogens with one attached hydrogen (secondary N) is 1. The molecule has 1 saturated heterocycles. The number of anilines is 1. The zero-order valence-electron chi connectivity index (χ0n) is 16.0. The summed E-state index contributed by atoms with van der Waals surface area (Å²) < 4.78 is 42.6. The first-order valence-corrected chi connectivity index (χ1v) is 11.4. The Labute approximate surface area is 184 Å². The molecule has 30 heavy (non-hydrogen) atoms. The van der Waals surface area contributed by atoms with Crippen molar-refractivity contribution in [1.82, 2.24) is 13.9 Å². The van der Waals surface area contributed by atoms with Gasteiger partial charge in [-0.05, 0) is 35.9 Å². The number of rotatable bonds is 5. The number of hydrogen-bond acceptors (Lipinski definition) is 4. The first-order chi connectivity index (χ1) is 14.2. The van der Waals surface area contributed by atoms with Gasteiger partial charge in [-0.2, -0.15) is 4.31 Å². The number of imidazole rings is 1. The van der Waals surface area contributed by atoms with Gasteiger partial charge in [-0.25, -0.2) is 17.8 Å². The molecule has 2 atom stereocenters.